The van der Waals surface area contributed by atoms with E-state index in [0.717, 1.165) is 33.2 Å². The minimum Gasteiger partial charge on any atom is -0.317 e. The van der Waals surface area contributed by atoms with Crippen LogP contribution >= 0.6 is 11.3 Å². The number of hydrogen-bond acceptors (Lipinski definition) is 3. The van der Waals surface area contributed by atoms with Crippen LogP contribution in [0.1, 0.15) is 11.4 Å². The summed E-state index contributed by atoms with van der Waals surface area (Å²) in [6.07, 6.45) is 1.86. The first-order chi connectivity index (χ1) is 16.2. The summed E-state index contributed by atoms with van der Waals surface area (Å²) in [4.78, 5) is 5.74. The molecule has 2 aromatic carbocycles. The number of thiophene rings is 1. The van der Waals surface area contributed by atoms with Crippen LogP contribution in [0, 0.1) is 13.8 Å². The van der Waals surface area contributed by atoms with Crippen molar-refractivity contribution in [2.24, 2.45) is 0 Å². The van der Waals surface area contributed by atoms with Gasteiger partial charge in [0.2, 0.25) is 0 Å². The number of nitrogens with zero attached hydrogens (tertiary/aromatic N) is 4. The lowest BCUT2D eigenvalue weighted by atomic mass is 10.0. The van der Waals surface area contributed by atoms with Gasteiger partial charge < -0.3 is 4.57 Å². The first-order valence-electron chi connectivity index (χ1n) is 10.9. The molecular formula is C28H22N4S. The predicted octanol–water partition coefficient (Wildman–Crippen LogP) is 7.20. The zero-order valence-corrected chi connectivity index (χ0v) is 19.3. The van der Waals surface area contributed by atoms with Crippen molar-refractivity contribution in [3.05, 3.63) is 108 Å². The smallest absolute Gasteiger partial charge is 0.156 e. The van der Waals surface area contributed by atoms with Crippen LogP contribution < -0.4 is 0 Å². The molecule has 0 aliphatic heterocycles. The fraction of sp³-hybridized carbons (Fsp3) is 0.0714. The van der Waals surface area contributed by atoms with Crippen molar-refractivity contribution < 1.29 is 0 Å². The topological polar surface area (TPSA) is 35.1 Å². The number of aromatic nitrogens is 4. The Balaban J connectivity index is 1.43. The van der Waals surface area contributed by atoms with Gasteiger partial charge in [0.1, 0.15) is 5.69 Å². The van der Waals surface area contributed by atoms with E-state index in [2.05, 4.69) is 102 Å². The molecular weight excluding hydrogens is 424 g/mol. The van der Waals surface area contributed by atoms with E-state index in [1.165, 1.54) is 22.5 Å². The highest BCUT2D eigenvalue weighted by atomic mass is 32.1. The van der Waals surface area contributed by atoms with Crippen molar-refractivity contribution in [1.82, 2.24) is 19.2 Å². The zero-order chi connectivity index (χ0) is 22.4. The van der Waals surface area contributed by atoms with Crippen LogP contribution in [0.15, 0.2) is 96.5 Å². The SMILES string of the molecule is Cc1ccc(C)n1-c1ccsc1-c1cc2nccc(-c3ccc(-c4ccccc4)cc3)n2n1. The Morgan fingerprint density at radius 2 is 1.42 bits per heavy atom. The summed E-state index contributed by atoms with van der Waals surface area (Å²) in [7, 11) is 0. The van der Waals surface area contributed by atoms with E-state index in [0.29, 0.717) is 0 Å². The molecule has 0 unspecified atom stereocenters. The maximum atomic E-state index is 4.99. The largest absolute Gasteiger partial charge is 0.317 e. The van der Waals surface area contributed by atoms with Crippen molar-refractivity contribution in [1.29, 1.82) is 0 Å². The van der Waals surface area contributed by atoms with Gasteiger partial charge in [-0.1, -0.05) is 54.6 Å². The molecule has 0 aliphatic carbocycles. The van der Waals surface area contributed by atoms with Crippen molar-refractivity contribution >= 4 is 17.0 Å². The molecule has 33 heavy (non-hydrogen) atoms. The highest BCUT2D eigenvalue weighted by molar-refractivity contribution is 7.14. The lowest BCUT2D eigenvalue weighted by molar-refractivity contribution is 0.946. The quantitative estimate of drug-likeness (QED) is 0.287. The number of hydrogen-bond donors (Lipinski definition) is 0. The van der Waals surface area contributed by atoms with E-state index in [1.807, 2.05) is 22.8 Å². The van der Waals surface area contributed by atoms with Gasteiger partial charge in [-0.05, 0) is 54.6 Å². The van der Waals surface area contributed by atoms with E-state index in [-0.39, 0.29) is 0 Å². The van der Waals surface area contributed by atoms with Gasteiger partial charge in [0.15, 0.2) is 5.65 Å². The first kappa shape index (κ1) is 19.7. The van der Waals surface area contributed by atoms with Gasteiger partial charge >= 0.3 is 0 Å². The number of benzene rings is 2. The Morgan fingerprint density at radius 3 is 2.18 bits per heavy atom. The Bertz CT molecular complexity index is 1550. The highest BCUT2D eigenvalue weighted by Gasteiger charge is 2.17. The molecule has 0 aliphatic rings. The monoisotopic (exact) mass is 446 g/mol. The molecule has 0 radical (unpaired) electrons. The molecule has 0 amide bonds. The fourth-order valence-corrected chi connectivity index (χ4v) is 5.24. The normalized spacial score (nSPS) is 11.3. The Hall–Kier alpha value is -3.96. The van der Waals surface area contributed by atoms with Crippen LogP contribution in [0.4, 0.5) is 0 Å². The molecule has 0 saturated carbocycles. The van der Waals surface area contributed by atoms with Crippen molar-refractivity contribution in [2.75, 3.05) is 0 Å². The highest BCUT2D eigenvalue weighted by Crippen LogP contribution is 2.34. The molecule has 0 bridgehead atoms. The lowest BCUT2D eigenvalue weighted by Gasteiger charge is -2.09. The second-order valence-corrected chi connectivity index (χ2v) is 9.08. The van der Waals surface area contributed by atoms with Crippen LogP contribution in [-0.4, -0.2) is 19.2 Å². The standard InChI is InChI=1S/C28H22N4S/c1-19-8-9-20(2)31(19)26-15-17-33-28(26)24-18-27-29-16-14-25(32(27)30-24)23-12-10-22(11-13-23)21-6-4-3-5-7-21/h3-18H,1-2H3. The first-order valence-corrected chi connectivity index (χ1v) is 11.8. The minimum absolute atomic E-state index is 0.843. The summed E-state index contributed by atoms with van der Waals surface area (Å²) < 4.78 is 4.23. The van der Waals surface area contributed by atoms with Gasteiger partial charge in [0, 0.05) is 29.2 Å². The van der Waals surface area contributed by atoms with E-state index in [4.69, 9.17) is 5.10 Å². The van der Waals surface area contributed by atoms with E-state index in [9.17, 15) is 0 Å². The maximum absolute atomic E-state index is 4.99. The van der Waals surface area contributed by atoms with Gasteiger partial charge in [-0.25, -0.2) is 9.50 Å². The third-order valence-electron chi connectivity index (χ3n) is 6.03. The summed E-state index contributed by atoms with van der Waals surface area (Å²) in [5.74, 6) is 0. The van der Waals surface area contributed by atoms with Gasteiger partial charge in [-0.2, -0.15) is 5.10 Å². The molecule has 5 heteroatoms. The van der Waals surface area contributed by atoms with Gasteiger partial charge in [-0.15, -0.1) is 11.3 Å². The molecule has 6 aromatic rings. The van der Waals surface area contributed by atoms with E-state index in [1.54, 1.807) is 11.3 Å². The van der Waals surface area contributed by atoms with Crippen LogP contribution in [0.3, 0.4) is 0 Å². The minimum atomic E-state index is 0.843. The number of fused-ring (bicyclic) bond motifs is 1. The van der Waals surface area contributed by atoms with Crippen molar-refractivity contribution in [2.45, 2.75) is 13.8 Å². The van der Waals surface area contributed by atoms with Crippen molar-refractivity contribution in [3.8, 4) is 38.6 Å². The molecule has 0 saturated heterocycles. The average molecular weight is 447 g/mol. The Labute approximate surface area is 196 Å². The van der Waals surface area contributed by atoms with Crippen LogP contribution in [0.5, 0.6) is 0 Å². The molecule has 160 valence electrons. The van der Waals surface area contributed by atoms with E-state index < -0.39 is 0 Å². The molecule has 6 rings (SSSR count). The van der Waals surface area contributed by atoms with Gasteiger partial charge in [-0.3, -0.25) is 0 Å². The van der Waals surface area contributed by atoms with Gasteiger partial charge in [0.05, 0.1) is 16.3 Å². The summed E-state index contributed by atoms with van der Waals surface area (Å²) in [6, 6.07) is 29.6. The Morgan fingerprint density at radius 1 is 0.727 bits per heavy atom. The molecule has 0 N–H and O–H groups in total. The second-order valence-electron chi connectivity index (χ2n) is 8.16. The summed E-state index contributed by atoms with van der Waals surface area (Å²) in [5.41, 5.74) is 9.93. The van der Waals surface area contributed by atoms with E-state index >= 15 is 0 Å². The van der Waals surface area contributed by atoms with Crippen LogP contribution in [-0.2, 0) is 0 Å². The molecule has 0 atom stereocenters. The number of aryl methyl sites for hydroxylation is 2. The average Bonchev–Trinajstić information content (AvgIpc) is 3.57. The molecule has 4 heterocycles. The van der Waals surface area contributed by atoms with Crippen molar-refractivity contribution in [3.63, 3.8) is 0 Å². The van der Waals surface area contributed by atoms with Crippen LogP contribution in [0.25, 0.3) is 44.3 Å². The second kappa shape index (κ2) is 7.87. The zero-order valence-electron chi connectivity index (χ0n) is 18.4. The fourth-order valence-electron chi connectivity index (χ4n) is 4.41. The lowest BCUT2D eigenvalue weighted by Crippen LogP contribution is -1.99. The molecule has 4 aromatic heterocycles. The molecule has 0 fully saturated rings. The Kier molecular flexibility index (Phi) is 4.70. The third kappa shape index (κ3) is 3.38. The molecule has 4 nitrogen and oxygen atoms in total. The third-order valence-corrected chi connectivity index (χ3v) is 6.96. The predicted molar refractivity (Wildman–Crippen MR) is 136 cm³/mol. The summed E-state index contributed by atoms with van der Waals surface area (Å²) in [5, 5.41) is 7.12. The van der Waals surface area contributed by atoms with Crippen LogP contribution in [0.2, 0.25) is 0 Å². The van der Waals surface area contributed by atoms with Gasteiger partial charge in [0.25, 0.3) is 0 Å². The maximum Gasteiger partial charge on any atom is 0.156 e. The summed E-state index contributed by atoms with van der Waals surface area (Å²) in [6.45, 7) is 4.27. The number of rotatable bonds is 4. The molecule has 0 spiro atoms. The summed E-state index contributed by atoms with van der Waals surface area (Å²) >= 11 is 1.71.